The minimum atomic E-state index is -0.916. The van der Waals surface area contributed by atoms with Gasteiger partial charge in [0.2, 0.25) is 0 Å². The molecule has 1 N–H and O–H groups in total. The van der Waals surface area contributed by atoms with Gasteiger partial charge in [-0.25, -0.2) is 0 Å². The standard InChI is InChI=1S/C14H18O5/c1-16-11-4-2-9(3-5-11)14-18-8-13-12(19-14)6-10(15)7-17-13/h2-5,10,12-15H,6-8H2,1H3/t10-,12+,13-,14?/m1/s1/i7D/t7-,10+,12-,13+,14?/m0. The molecule has 5 atom stereocenters. The first-order valence-corrected chi connectivity index (χ1v) is 6.34. The van der Waals surface area contributed by atoms with Crippen LogP contribution in [0.3, 0.4) is 0 Å². The van der Waals surface area contributed by atoms with Crippen LogP contribution in [0.15, 0.2) is 24.3 Å². The Morgan fingerprint density at radius 2 is 2.05 bits per heavy atom. The summed E-state index contributed by atoms with van der Waals surface area (Å²) in [5.74, 6) is 0.774. The molecule has 0 amide bonds. The van der Waals surface area contributed by atoms with Gasteiger partial charge in [-0.2, -0.15) is 0 Å². The average Bonchev–Trinajstić information content (AvgIpc) is 2.48. The van der Waals surface area contributed by atoms with Crippen LogP contribution in [0.2, 0.25) is 0 Å². The van der Waals surface area contributed by atoms with Gasteiger partial charge < -0.3 is 24.1 Å². The van der Waals surface area contributed by atoms with Crippen molar-refractivity contribution in [2.45, 2.75) is 31.0 Å². The number of aliphatic hydroxyl groups excluding tert-OH is 1. The molecule has 1 aromatic carbocycles. The minimum Gasteiger partial charge on any atom is -0.497 e. The second-order valence-corrected chi connectivity index (χ2v) is 4.73. The number of rotatable bonds is 2. The van der Waals surface area contributed by atoms with Gasteiger partial charge in [-0.3, -0.25) is 0 Å². The van der Waals surface area contributed by atoms with Crippen LogP contribution in [0.4, 0.5) is 0 Å². The smallest absolute Gasteiger partial charge is 0.184 e. The van der Waals surface area contributed by atoms with Crippen LogP contribution in [0.1, 0.15) is 19.6 Å². The van der Waals surface area contributed by atoms with E-state index in [1.54, 1.807) is 7.11 Å². The van der Waals surface area contributed by atoms with Crippen LogP contribution < -0.4 is 4.74 Å². The molecule has 0 radical (unpaired) electrons. The highest BCUT2D eigenvalue weighted by molar-refractivity contribution is 5.28. The van der Waals surface area contributed by atoms with Crippen molar-refractivity contribution in [1.29, 1.82) is 0 Å². The largest absolute Gasteiger partial charge is 0.497 e. The summed E-state index contributed by atoms with van der Waals surface area (Å²) in [6.45, 7) is -0.551. The van der Waals surface area contributed by atoms with Crippen molar-refractivity contribution >= 4 is 0 Å². The van der Waals surface area contributed by atoms with Crippen molar-refractivity contribution in [2.24, 2.45) is 0 Å². The molecule has 3 rings (SSSR count). The van der Waals surface area contributed by atoms with E-state index in [1.165, 1.54) is 0 Å². The number of hydrogen-bond acceptors (Lipinski definition) is 5. The number of methoxy groups -OCH3 is 1. The molecule has 0 spiro atoms. The SMILES string of the molecule is [2H][C@@H]1O[C@@H]2COC(c3ccc(OC)cc3)O[C@H]2C[C@H]1O. The number of benzene rings is 1. The summed E-state index contributed by atoms with van der Waals surface area (Å²) >= 11 is 0. The lowest BCUT2D eigenvalue weighted by molar-refractivity contribution is -0.288. The molecular weight excluding hydrogens is 248 g/mol. The van der Waals surface area contributed by atoms with Gasteiger partial charge in [-0.05, 0) is 12.1 Å². The number of ether oxygens (including phenoxy) is 4. The lowest BCUT2D eigenvalue weighted by Crippen LogP contribution is -2.49. The zero-order chi connectivity index (χ0) is 14.1. The highest BCUT2D eigenvalue weighted by atomic mass is 16.7. The molecule has 2 aliphatic heterocycles. The van der Waals surface area contributed by atoms with Crippen LogP contribution in [-0.4, -0.2) is 43.7 Å². The number of hydrogen-bond donors (Lipinski definition) is 1. The zero-order valence-corrected chi connectivity index (χ0v) is 10.7. The van der Waals surface area contributed by atoms with Gasteiger partial charge in [0.15, 0.2) is 6.29 Å². The fraction of sp³-hybridized carbons (Fsp3) is 0.571. The molecule has 2 heterocycles. The summed E-state index contributed by atoms with van der Waals surface area (Å²) in [4.78, 5) is 0. The monoisotopic (exact) mass is 267 g/mol. The normalized spacial score (nSPS) is 39.3. The minimum absolute atomic E-state index is 0.243. The predicted molar refractivity (Wildman–Crippen MR) is 66.9 cm³/mol. The van der Waals surface area contributed by atoms with E-state index in [2.05, 4.69) is 0 Å². The second kappa shape index (κ2) is 5.46. The van der Waals surface area contributed by atoms with E-state index in [0.717, 1.165) is 11.3 Å². The molecule has 104 valence electrons. The van der Waals surface area contributed by atoms with Crippen molar-refractivity contribution in [3.8, 4) is 5.75 Å². The van der Waals surface area contributed by atoms with Crippen molar-refractivity contribution in [2.75, 3.05) is 20.3 Å². The Bertz CT molecular complexity index is 451. The van der Waals surface area contributed by atoms with Crippen LogP contribution in [0.5, 0.6) is 5.75 Å². The van der Waals surface area contributed by atoms with E-state index >= 15 is 0 Å². The maximum Gasteiger partial charge on any atom is 0.184 e. The first-order valence-electron chi connectivity index (χ1n) is 6.92. The Labute approximate surface area is 113 Å². The zero-order valence-electron chi connectivity index (χ0n) is 11.7. The average molecular weight is 267 g/mol. The lowest BCUT2D eigenvalue weighted by atomic mass is 10.0. The molecule has 2 saturated heterocycles. The molecule has 19 heavy (non-hydrogen) atoms. The molecule has 1 aromatic rings. The molecule has 0 aromatic heterocycles. The maximum absolute atomic E-state index is 9.69. The van der Waals surface area contributed by atoms with Gasteiger partial charge in [-0.1, -0.05) is 12.1 Å². The van der Waals surface area contributed by atoms with E-state index in [1.807, 2.05) is 24.3 Å². The third-order valence-electron chi connectivity index (χ3n) is 3.40. The molecule has 2 fully saturated rings. The Morgan fingerprint density at radius 1 is 1.26 bits per heavy atom. The Morgan fingerprint density at radius 3 is 2.79 bits per heavy atom. The van der Waals surface area contributed by atoms with Crippen LogP contribution in [0, 0.1) is 0 Å². The predicted octanol–water partition coefficient (Wildman–Crippen LogP) is 1.26. The second-order valence-electron chi connectivity index (χ2n) is 4.73. The van der Waals surface area contributed by atoms with E-state index in [9.17, 15) is 5.11 Å². The molecule has 5 heteroatoms. The van der Waals surface area contributed by atoms with E-state index in [4.69, 9.17) is 20.3 Å². The summed E-state index contributed by atoms with van der Waals surface area (Å²) in [5.41, 5.74) is 0.895. The first kappa shape index (κ1) is 11.7. The van der Waals surface area contributed by atoms with Crippen molar-refractivity contribution in [3.63, 3.8) is 0 Å². The first-order chi connectivity index (χ1) is 9.67. The van der Waals surface area contributed by atoms with Crippen molar-refractivity contribution < 1.29 is 25.4 Å². The van der Waals surface area contributed by atoms with Crippen molar-refractivity contribution in [1.82, 2.24) is 0 Å². The third kappa shape index (κ3) is 2.74. The fourth-order valence-electron chi connectivity index (χ4n) is 2.33. The summed E-state index contributed by atoms with van der Waals surface area (Å²) in [6.07, 6.45) is -1.41. The van der Waals surface area contributed by atoms with Gasteiger partial charge in [0.05, 0.1) is 33.9 Å². The molecule has 1 unspecified atom stereocenters. The molecule has 2 aliphatic rings. The summed E-state index contributed by atoms with van der Waals surface area (Å²) in [6, 6.07) is 7.47. The Balaban J connectivity index is 1.68. The summed E-state index contributed by atoms with van der Waals surface area (Å²) in [7, 11) is 1.62. The number of fused-ring (bicyclic) bond motifs is 1. The van der Waals surface area contributed by atoms with Crippen LogP contribution in [0.25, 0.3) is 0 Å². The molecular formula is C14H18O5. The Hall–Kier alpha value is -1.14. The molecule has 5 nitrogen and oxygen atoms in total. The molecule has 0 saturated carbocycles. The highest BCUT2D eigenvalue weighted by Gasteiger charge is 2.38. The maximum atomic E-state index is 9.69. The lowest BCUT2D eigenvalue weighted by Gasteiger charge is -2.40. The highest BCUT2D eigenvalue weighted by Crippen LogP contribution is 2.32. The van der Waals surface area contributed by atoms with Gasteiger partial charge in [-0.15, -0.1) is 0 Å². The number of aliphatic hydroxyl groups is 1. The van der Waals surface area contributed by atoms with Gasteiger partial charge >= 0.3 is 0 Å². The van der Waals surface area contributed by atoms with Crippen molar-refractivity contribution in [3.05, 3.63) is 29.8 Å². The van der Waals surface area contributed by atoms with Gasteiger partial charge in [0.25, 0.3) is 0 Å². The molecule has 0 bridgehead atoms. The summed E-state index contributed by atoms with van der Waals surface area (Å²) in [5, 5.41) is 9.69. The molecule has 0 aliphatic carbocycles. The van der Waals surface area contributed by atoms with E-state index in [0.29, 0.717) is 13.0 Å². The fourth-order valence-corrected chi connectivity index (χ4v) is 2.33. The van der Waals surface area contributed by atoms with Gasteiger partial charge in [0.1, 0.15) is 11.9 Å². The topological polar surface area (TPSA) is 57.2 Å². The van der Waals surface area contributed by atoms with E-state index in [-0.39, 0.29) is 12.2 Å². The van der Waals surface area contributed by atoms with Crippen LogP contribution >= 0.6 is 0 Å². The third-order valence-corrected chi connectivity index (χ3v) is 3.40. The summed E-state index contributed by atoms with van der Waals surface area (Å²) < 4.78 is 29.5. The van der Waals surface area contributed by atoms with E-state index < -0.39 is 19.0 Å². The quantitative estimate of drug-likeness (QED) is 0.874. The Kier molecular flexibility index (Phi) is 3.36. The van der Waals surface area contributed by atoms with Crippen LogP contribution in [-0.2, 0) is 14.2 Å². The van der Waals surface area contributed by atoms with Gasteiger partial charge in [0, 0.05) is 12.0 Å².